The quantitative estimate of drug-likeness (QED) is 0.669. The lowest BCUT2D eigenvalue weighted by molar-refractivity contribution is 0.0992. The molecule has 2 N–H and O–H groups in total. The van der Waals surface area contributed by atoms with Crippen molar-refractivity contribution in [1.29, 1.82) is 0 Å². The zero-order valence-electron chi connectivity index (χ0n) is 9.86. The molecular weight excluding hydrogens is 232 g/mol. The average Bonchev–Trinajstić information content (AvgIpc) is 2.68. The maximum atomic E-state index is 12.0. The van der Waals surface area contributed by atoms with Gasteiger partial charge in [-0.3, -0.25) is 4.79 Å². The molecule has 1 aromatic carbocycles. The molecule has 4 heteroatoms. The Morgan fingerprint density at radius 2 is 2.18 bits per heavy atom. The summed E-state index contributed by atoms with van der Waals surface area (Å²) in [7, 11) is 0. The van der Waals surface area contributed by atoms with Crippen LogP contribution in [0.5, 0.6) is 0 Å². The van der Waals surface area contributed by atoms with E-state index in [0.717, 1.165) is 16.3 Å². The van der Waals surface area contributed by atoms with Gasteiger partial charge in [-0.05, 0) is 25.5 Å². The molecule has 0 saturated heterocycles. The number of rotatable bonds is 3. The van der Waals surface area contributed by atoms with Crippen molar-refractivity contribution in [2.24, 2.45) is 0 Å². The van der Waals surface area contributed by atoms with Crippen molar-refractivity contribution in [2.75, 3.05) is 5.73 Å². The summed E-state index contributed by atoms with van der Waals surface area (Å²) in [5.74, 6) is 0.0574. The number of carbonyl (C=O) groups excluding carboxylic acids is 1. The number of thiazole rings is 1. The Kier molecular flexibility index (Phi) is 3.24. The molecule has 2 aromatic rings. The van der Waals surface area contributed by atoms with E-state index in [1.165, 1.54) is 0 Å². The molecule has 0 unspecified atom stereocenters. The van der Waals surface area contributed by atoms with Gasteiger partial charge in [0.15, 0.2) is 5.78 Å². The van der Waals surface area contributed by atoms with Crippen LogP contribution in [0.2, 0.25) is 0 Å². The van der Waals surface area contributed by atoms with Gasteiger partial charge in [0.25, 0.3) is 0 Å². The number of aryl methyl sites for hydroxylation is 2. The van der Waals surface area contributed by atoms with Crippen molar-refractivity contribution < 1.29 is 4.79 Å². The summed E-state index contributed by atoms with van der Waals surface area (Å²) in [6.45, 7) is 3.86. The molecule has 0 atom stereocenters. The molecule has 0 bridgehead atoms. The van der Waals surface area contributed by atoms with Crippen LogP contribution in [0.3, 0.4) is 0 Å². The van der Waals surface area contributed by atoms with Crippen LogP contribution < -0.4 is 5.73 Å². The monoisotopic (exact) mass is 246 g/mol. The predicted octanol–water partition coefficient (Wildman–Crippen LogP) is 2.77. The van der Waals surface area contributed by atoms with Crippen molar-refractivity contribution >= 4 is 22.8 Å². The fourth-order valence-electron chi connectivity index (χ4n) is 1.57. The lowest BCUT2D eigenvalue weighted by atomic mass is 10.0. The number of anilines is 1. The number of aromatic nitrogens is 1. The summed E-state index contributed by atoms with van der Waals surface area (Å²) >= 11 is 1.56. The smallest absolute Gasteiger partial charge is 0.168 e. The molecular formula is C13H14N2OS. The van der Waals surface area contributed by atoms with E-state index < -0.39 is 0 Å². The van der Waals surface area contributed by atoms with Crippen LogP contribution in [0.4, 0.5) is 5.69 Å². The molecule has 0 fully saturated rings. The van der Waals surface area contributed by atoms with E-state index in [4.69, 9.17) is 5.73 Å². The molecule has 0 amide bonds. The summed E-state index contributed by atoms with van der Waals surface area (Å²) in [5.41, 5.74) is 8.92. The maximum absolute atomic E-state index is 12.0. The van der Waals surface area contributed by atoms with E-state index in [2.05, 4.69) is 4.98 Å². The first-order valence-corrected chi connectivity index (χ1v) is 6.24. The predicted molar refractivity (Wildman–Crippen MR) is 70.5 cm³/mol. The topological polar surface area (TPSA) is 56.0 Å². The number of hydrogen-bond acceptors (Lipinski definition) is 4. The van der Waals surface area contributed by atoms with E-state index in [1.807, 2.05) is 31.4 Å². The fourth-order valence-corrected chi connectivity index (χ4v) is 2.18. The SMILES string of the molecule is Cc1nc(CC(=O)c2ccc(C)c(N)c2)cs1. The molecule has 88 valence electrons. The van der Waals surface area contributed by atoms with Gasteiger partial charge in [0.05, 0.1) is 17.1 Å². The van der Waals surface area contributed by atoms with E-state index in [0.29, 0.717) is 17.7 Å². The molecule has 1 aromatic heterocycles. The van der Waals surface area contributed by atoms with Crippen molar-refractivity contribution in [3.63, 3.8) is 0 Å². The van der Waals surface area contributed by atoms with Gasteiger partial charge in [0.1, 0.15) is 0 Å². The van der Waals surface area contributed by atoms with Crippen molar-refractivity contribution in [3.05, 3.63) is 45.4 Å². The summed E-state index contributed by atoms with van der Waals surface area (Å²) < 4.78 is 0. The van der Waals surface area contributed by atoms with Crippen LogP contribution in [-0.4, -0.2) is 10.8 Å². The molecule has 0 aliphatic carbocycles. The number of nitrogen functional groups attached to an aromatic ring is 1. The minimum Gasteiger partial charge on any atom is -0.398 e. The Morgan fingerprint density at radius 1 is 1.41 bits per heavy atom. The molecule has 3 nitrogen and oxygen atoms in total. The maximum Gasteiger partial charge on any atom is 0.168 e. The summed E-state index contributed by atoms with van der Waals surface area (Å²) in [6.07, 6.45) is 0.340. The van der Waals surface area contributed by atoms with Gasteiger partial charge in [-0.15, -0.1) is 11.3 Å². The summed E-state index contributed by atoms with van der Waals surface area (Å²) in [5, 5.41) is 2.90. The van der Waals surface area contributed by atoms with Crippen molar-refractivity contribution in [2.45, 2.75) is 20.3 Å². The number of nitrogens with two attached hydrogens (primary N) is 1. The molecule has 0 radical (unpaired) electrons. The molecule has 0 saturated carbocycles. The van der Waals surface area contributed by atoms with Gasteiger partial charge < -0.3 is 5.73 Å². The minimum atomic E-state index is 0.0574. The number of ketones is 1. The second kappa shape index (κ2) is 4.67. The van der Waals surface area contributed by atoms with Gasteiger partial charge >= 0.3 is 0 Å². The Bertz CT molecular complexity index is 560. The van der Waals surface area contributed by atoms with Crippen LogP contribution in [0.25, 0.3) is 0 Å². The minimum absolute atomic E-state index is 0.0574. The molecule has 0 spiro atoms. The molecule has 2 rings (SSSR count). The molecule has 17 heavy (non-hydrogen) atoms. The highest BCUT2D eigenvalue weighted by molar-refractivity contribution is 7.09. The first-order valence-electron chi connectivity index (χ1n) is 5.36. The van der Waals surface area contributed by atoms with Crippen molar-refractivity contribution in [3.8, 4) is 0 Å². The average molecular weight is 246 g/mol. The second-order valence-electron chi connectivity index (χ2n) is 4.03. The molecule has 0 aliphatic heterocycles. The summed E-state index contributed by atoms with van der Waals surface area (Å²) in [4.78, 5) is 16.3. The third-order valence-electron chi connectivity index (χ3n) is 2.61. The van der Waals surface area contributed by atoms with Crippen LogP contribution >= 0.6 is 11.3 Å². The van der Waals surface area contributed by atoms with Gasteiger partial charge in [-0.1, -0.05) is 12.1 Å². The van der Waals surface area contributed by atoms with Gasteiger partial charge in [0, 0.05) is 16.6 Å². The number of benzene rings is 1. The van der Waals surface area contributed by atoms with Crippen LogP contribution in [-0.2, 0) is 6.42 Å². The Hall–Kier alpha value is -1.68. The van der Waals surface area contributed by atoms with E-state index in [9.17, 15) is 4.79 Å². The Labute approximate surface area is 104 Å². The zero-order chi connectivity index (χ0) is 12.4. The fraction of sp³-hybridized carbons (Fsp3) is 0.231. The molecule has 1 heterocycles. The van der Waals surface area contributed by atoms with Crippen LogP contribution in [0.1, 0.15) is 26.6 Å². The largest absolute Gasteiger partial charge is 0.398 e. The third kappa shape index (κ3) is 2.71. The number of Topliss-reactive ketones (excluding diaryl/α,β-unsaturated/α-hetero) is 1. The third-order valence-corrected chi connectivity index (χ3v) is 3.43. The first-order chi connectivity index (χ1) is 8.06. The van der Waals surface area contributed by atoms with Crippen molar-refractivity contribution in [1.82, 2.24) is 4.98 Å². The lowest BCUT2D eigenvalue weighted by Crippen LogP contribution is -2.05. The van der Waals surface area contributed by atoms with Gasteiger partial charge in [0.2, 0.25) is 0 Å². The van der Waals surface area contributed by atoms with E-state index in [-0.39, 0.29) is 5.78 Å². The van der Waals surface area contributed by atoms with Gasteiger partial charge in [-0.2, -0.15) is 0 Å². The Balaban J connectivity index is 2.17. The standard InChI is InChI=1S/C13H14N2OS/c1-8-3-4-10(5-12(8)14)13(16)6-11-7-17-9(2)15-11/h3-5,7H,6,14H2,1-2H3. The normalized spacial score (nSPS) is 10.5. The van der Waals surface area contributed by atoms with Gasteiger partial charge in [-0.25, -0.2) is 4.98 Å². The number of nitrogens with zero attached hydrogens (tertiary/aromatic N) is 1. The highest BCUT2D eigenvalue weighted by Crippen LogP contribution is 2.16. The number of carbonyl (C=O) groups is 1. The Morgan fingerprint density at radius 3 is 2.76 bits per heavy atom. The first kappa shape index (κ1) is 11.8. The summed E-state index contributed by atoms with van der Waals surface area (Å²) in [6, 6.07) is 5.42. The number of hydrogen-bond donors (Lipinski definition) is 1. The second-order valence-corrected chi connectivity index (χ2v) is 5.09. The van der Waals surface area contributed by atoms with Crippen LogP contribution in [0.15, 0.2) is 23.6 Å². The highest BCUT2D eigenvalue weighted by atomic mass is 32.1. The van der Waals surface area contributed by atoms with Crippen LogP contribution in [0, 0.1) is 13.8 Å². The molecule has 0 aliphatic rings. The van der Waals surface area contributed by atoms with E-state index >= 15 is 0 Å². The highest BCUT2D eigenvalue weighted by Gasteiger charge is 2.10. The van der Waals surface area contributed by atoms with E-state index in [1.54, 1.807) is 17.4 Å². The zero-order valence-corrected chi connectivity index (χ0v) is 10.7. The lowest BCUT2D eigenvalue weighted by Gasteiger charge is -2.03.